The number of nitrogens with zero attached hydrogens (tertiary/aromatic N) is 2. The fraction of sp³-hybridized carbons (Fsp3) is 0.115. The lowest BCUT2D eigenvalue weighted by Gasteiger charge is -2.23. The van der Waals surface area contributed by atoms with E-state index in [-0.39, 0.29) is 16.3 Å². The van der Waals surface area contributed by atoms with Crippen LogP contribution in [-0.4, -0.2) is 28.4 Å². The molecule has 176 valence electrons. The summed E-state index contributed by atoms with van der Waals surface area (Å²) in [6, 6.07) is 14.8. The summed E-state index contributed by atoms with van der Waals surface area (Å²) in [6.45, 7) is 2.22. The lowest BCUT2D eigenvalue weighted by molar-refractivity contribution is -0.132. The number of ketones is 1. The quantitative estimate of drug-likeness (QED) is 0.223. The monoisotopic (exact) mass is 492 g/mol. The summed E-state index contributed by atoms with van der Waals surface area (Å²) in [6.07, 6.45) is 0. The van der Waals surface area contributed by atoms with Crippen LogP contribution in [0.15, 0.2) is 72.3 Å². The van der Waals surface area contributed by atoms with Crippen molar-refractivity contribution < 1.29 is 28.2 Å². The number of rotatable bonds is 5. The molecule has 1 saturated heterocycles. The molecule has 0 radical (unpaired) electrons. The molecule has 6 nitrogen and oxygen atoms in total. The number of aliphatic hydroxyl groups excluding tert-OH is 1. The molecule has 5 rings (SSSR count). The minimum absolute atomic E-state index is 0.157. The molecule has 9 heteroatoms. The summed E-state index contributed by atoms with van der Waals surface area (Å²) in [5.41, 5.74) is 0.974. The van der Waals surface area contributed by atoms with Crippen molar-refractivity contribution in [3.63, 3.8) is 0 Å². The third-order valence-electron chi connectivity index (χ3n) is 5.59. The Morgan fingerprint density at radius 1 is 1.06 bits per heavy atom. The van der Waals surface area contributed by atoms with Gasteiger partial charge in [0.05, 0.1) is 28.4 Å². The third-order valence-corrected chi connectivity index (χ3v) is 6.61. The van der Waals surface area contributed by atoms with Crippen molar-refractivity contribution in [1.29, 1.82) is 0 Å². The van der Waals surface area contributed by atoms with Gasteiger partial charge in [0.1, 0.15) is 23.1 Å². The number of aliphatic hydroxyl groups is 1. The van der Waals surface area contributed by atoms with E-state index in [9.17, 15) is 23.5 Å². The molecular formula is C26H18F2N2O4S. The standard InChI is InChI=1S/C26H18F2N2O4S/c1-2-34-18-5-3-4-15(12-18)23(31)21-22(14-6-8-16(27)9-7-14)30(25(33)24(21)32)26-29-19-11-10-17(28)13-20(19)35-26/h3-13,22,31H,2H2,1H3/b23-21+. The second-order valence-corrected chi connectivity index (χ2v) is 8.80. The van der Waals surface area contributed by atoms with E-state index in [0.29, 0.717) is 28.1 Å². The highest BCUT2D eigenvalue weighted by molar-refractivity contribution is 7.22. The van der Waals surface area contributed by atoms with E-state index in [2.05, 4.69) is 4.98 Å². The van der Waals surface area contributed by atoms with Gasteiger partial charge in [-0.15, -0.1) is 0 Å². The highest BCUT2D eigenvalue weighted by Gasteiger charge is 2.48. The zero-order chi connectivity index (χ0) is 24.7. The molecule has 1 aliphatic heterocycles. The zero-order valence-corrected chi connectivity index (χ0v) is 19.2. The largest absolute Gasteiger partial charge is 0.507 e. The zero-order valence-electron chi connectivity index (χ0n) is 18.4. The molecule has 1 atom stereocenters. The van der Waals surface area contributed by atoms with Crippen LogP contribution in [0, 0.1) is 11.6 Å². The van der Waals surface area contributed by atoms with Gasteiger partial charge in [-0.25, -0.2) is 13.8 Å². The van der Waals surface area contributed by atoms with Crippen LogP contribution in [0.2, 0.25) is 0 Å². The van der Waals surface area contributed by atoms with Crippen molar-refractivity contribution in [2.45, 2.75) is 13.0 Å². The first-order valence-electron chi connectivity index (χ1n) is 10.7. The van der Waals surface area contributed by atoms with E-state index < -0.39 is 35.1 Å². The number of aromatic nitrogens is 1. The van der Waals surface area contributed by atoms with E-state index in [4.69, 9.17) is 4.74 Å². The predicted molar refractivity (Wildman–Crippen MR) is 128 cm³/mol. The summed E-state index contributed by atoms with van der Waals surface area (Å²) in [5.74, 6) is -2.68. The minimum Gasteiger partial charge on any atom is -0.507 e. The number of thiazole rings is 1. The Labute approximate surface area is 202 Å². The van der Waals surface area contributed by atoms with Gasteiger partial charge in [0.25, 0.3) is 5.78 Å². The molecule has 0 saturated carbocycles. The van der Waals surface area contributed by atoms with Gasteiger partial charge >= 0.3 is 5.91 Å². The number of fused-ring (bicyclic) bond motifs is 1. The summed E-state index contributed by atoms with van der Waals surface area (Å²) >= 11 is 1.04. The van der Waals surface area contributed by atoms with Crippen LogP contribution in [0.1, 0.15) is 24.1 Å². The average Bonchev–Trinajstić information content (AvgIpc) is 3.37. The molecule has 0 bridgehead atoms. The Hall–Kier alpha value is -4.11. The Morgan fingerprint density at radius 3 is 2.54 bits per heavy atom. The number of amides is 1. The third kappa shape index (κ3) is 4.04. The van der Waals surface area contributed by atoms with Crippen LogP contribution in [0.3, 0.4) is 0 Å². The lowest BCUT2D eigenvalue weighted by atomic mass is 9.95. The van der Waals surface area contributed by atoms with Gasteiger partial charge in [-0.2, -0.15) is 0 Å². The number of hydrogen-bond acceptors (Lipinski definition) is 6. The van der Waals surface area contributed by atoms with E-state index in [1.54, 1.807) is 24.3 Å². The molecule has 1 N–H and O–H groups in total. The van der Waals surface area contributed by atoms with Crippen molar-refractivity contribution in [2.75, 3.05) is 11.5 Å². The summed E-state index contributed by atoms with van der Waals surface area (Å²) in [5, 5.41) is 11.4. The van der Waals surface area contributed by atoms with E-state index >= 15 is 0 Å². The van der Waals surface area contributed by atoms with Crippen molar-refractivity contribution >= 4 is 44.1 Å². The molecule has 1 amide bonds. The topological polar surface area (TPSA) is 79.7 Å². The van der Waals surface area contributed by atoms with E-state index in [1.807, 2.05) is 6.92 Å². The second-order valence-electron chi connectivity index (χ2n) is 7.79. The molecule has 0 aliphatic carbocycles. The minimum atomic E-state index is -1.07. The number of carbonyl (C=O) groups is 2. The molecule has 3 aromatic carbocycles. The number of ether oxygens (including phenoxy) is 1. The van der Waals surface area contributed by atoms with Crippen LogP contribution in [0.4, 0.5) is 13.9 Å². The highest BCUT2D eigenvalue weighted by atomic mass is 32.1. The molecule has 1 aromatic heterocycles. The van der Waals surface area contributed by atoms with Crippen LogP contribution >= 0.6 is 11.3 Å². The molecule has 1 unspecified atom stereocenters. The van der Waals surface area contributed by atoms with Crippen molar-refractivity contribution in [1.82, 2.24) is 4.98 Å². The van der Waals surface area contributed by atoms with Gasteiger partial charge in [-0.05, 0) is 55.0 Å². The number of carbonyl (C=O) groups excluding carboxylic acids is 2. The first-order valence-corrected chi connectivity index (χ1v) is 11.5. The average molecular weight is 493 g/mol. The lowest BCUT2D eigenvalue weighted by Crippen LogP contribution is -2.29. The van der Waals surface area contributed by atoms with Gasteiger partial charge in [-0.3, -0.25) is 14.5 Å². The fourth-order valence-electron chi connectivity index (χ4n) is 4.03. The molecule has 35 heavy (non-hydrogen) atoms. The Kier molecular flexibility index (Phi) is 5.78. The number of halogens is 2. The Balaban J connectivity index is 1.71. The normalized spacial score (nSPS) is 17.3. The van der Waals surface area contributed by atoms with Crippen LogP contribution < -0.4 is 9.64 Å². The smallest absolute Gasteiger partial charge is 0.301 e. The number of Topliss-reactive ketones (excluding diaryl/α,β-unsaturated/α-hetero) is 1. The maximum atomic E-state index is 13.7. The maximum Gasteiger partial charge on any atom is 0.301 e. The molecule has 0 spiro atoms. The van der Waals surface area contributed by atoms with Crippen molar-refractivity contribution in [3.8, 4) is 5.75 Å². The summed E-state index contributed by atoms with van der Waals surface area (Å²) in [4.78, 5) is 32.1. The van der Waals surface area contributed by atoms with Crippen LogP contribution in [-0.2, 0) is 9.59 Å². The summed E-state index contributed by atoms with van der Waals surface area (Å²) in [7, 11) is 0. The molecule has 1 fully saturated rings. The van der Waals surface area contributed by atoms with Gasteiger partial charge in [0, 0.05) is 5.56 Å². The number of hydrogen-bond donors (Lipinski definition) is 1. The number of benzene rings is 3. The van der Waals surface area contributed by atoms with E-state index in [1.165, 1.54) is 42.5 Å². The first kappa shape index (κ1) is 22.7. The Bertz CT molecular complexity index is 1500. The molecular weight excluding hydrogens is 474 g/mol. The number of anilines is 1. The van der Waals surface area contributed by atoms with Gasteiger partial charge in [-0.1, -0.05) is 35.6 Å². The Morgan fingerprint density at radius 2 is 1.80 bits per heavy atom. The van der Waals surface area contributed by atoms with Crippen LogP contribution in [0.5, 0.6) is 5.75 Å². The maximum absolute atomic E-state index is 13.7. The predicted octanol–water partition coefficient (Wildman–Crippen LogP) is 5.60. The first-order chi connectivity index (χ1) is 16.9. The SMILES string of the molecule is CCOc1cccc(/C(O)=C2\C(=O)C(=O)N(c3nc4ccc(F)cc4s3)C2c2ccc(F)cc2)c1. The van der Waals surface area contributed by atoms with Gasteiger partial charge in [0.2, 0.25) is 0 Å². The van der Waals surface area contributed by atoms with Crippen LogP contribution in [0.25, 0.3) is 16.0 Å². The summed E-state index contributed by atoms with van der Waals surface area (Å²) < 4.78 is 33.4. The van der Waals surface area contributed by atoms with Gasteiger partial charge < -0.3 is 9.84 Å². The second kappa shape index (κ2) is 8.92. The molecule has 4 aromatic rings. The van der Waals surface area contributed by atoms with Gasteiger partial charge in [0.15, 0.2) is 5.13 Å². The molecule has 2 heterocycles. The fourth-order valence-corrected chi connectivity index (χ4v) is 5.05. The van der Waals surface area contributed by atoms with Crippen molar-refractivity contribution in [2.24, 2.45) is 0 Å². The molecule has 1 aliphatic rings. The highest BCUT2D eigenvalue weighted by Crippen LogP contribution is 2.44. The van der Waals surface area contributed by atoms with E-state index in [0.717, 1.165) is 16.2 Å². The van der Waals surface area contributed by atoms with Crippen molar-refractivity contribution in [3.05, 3.63) is 95.1 Å².